The van der Waals surface area contributed by atoms with Crippen LogP contribution in [0.5, 0.6) is 0 Å². The third-order valence-corrected chi connectivity index (χ3v) is 5.73. The first-order valence-corrected chi connectivity index (χ1v) is 8.57. The third-order valence-electron chi connectivity index (χ3n) is 3.27. The van der Waals surface area contributed by atoms with Gasteiger partial charge in [-0.1, -0.05) is 41.4 Å². The fourth-order valence-corrected chi connectivity index (χ4v) is 4.71. The van der Waals surface area contributed by atoms with Crippen LogP contribution in [-0.4, -0.2) is 32.7 Å². The van der Waals surface area contributed by atoms with Gasteiger partial charge in [0.25, 0.3) is 0 Å². The SMILES string of the molecule is O=S(=O)(NC1CCOC1)c1c(Cl)nc2ccccc2c1Cl. The second kappa shape index (κ2) is 5.70. The standard InChI is InChI=1S/C13H12Cl2N2O3S/c14-11-9-3-1-2-4-10(9)16-13(15)12(11)21(18,19)17-8-5-6-20-7-8/h1-4,8,17H,5-7H2. The van der Waals surface area contributed by atoms with Crippen molar-refractivity contribution < 1.29 is 13.2 Å². The van der Waals surface area contributed by atoms with Crippen LogP contribution in [0.2, 0.25) is 10.2 Å². The molecule has 1 aliphatic heterocycles. The van der Waals surface area contributed by atoms with E-state index in [-0.39, 0.29) is 21.1 Å². The number of para-hydroxylation sites is 1. The minimum atomic E-state index is -3.85. The topological polar surface area (TPSA) is 68.3 Å². The molecule has 0 amide bonds. The maximum Gasteiger partial charge on any atom is 0.245 e. The molecule has 0 aliphatic carbocycles. The summed E-state index contributed by atoms with van der Waals surface area (Å²) >= 11 is 12.3. The van der Waals surface area contributed by atoms with E-state index in [1.54, 1.807) is 24.3 Å². The van der Waals surface area contributed by atoms with Crippen LogP contribution in [0.1, 0.15) is 6.42 Å². The van der Waals surface area contributed by atoms with Crippen LogP contribution in [0.3, 0.4) is 0 Å². The van der Waals surface area contributed by atoms with Gasteiger partial charge in [0.2, 0.25) is 10.0 Å². The first kappa shape index (κ1) is 15.0. The van der Waals surface area contributed by atoms with Gasteiger partial charge >= 0.3 is 0 Å². The van der Waals surface area contributed by atoms with E-state index in [0.717, 1.165) is 0 Å². The normalized spacial score (nSPS) is 19.2. The maximum absolute atomic E-state index is 12.5. The molecule has 8 heteroatoms. The van der Waals surface area contributed by atoms with E-state index in [4.69, 9.17) is 27.9 Å². The molecule has 1 aromatic carbocycles. The van der Waals surface area contributed by atoms with Crippen LogP contribution in [0.25, 0.3) is 10.9 Å². The monoisotopic (exact) mass is 346 g/mol. The Morgan fingerprint density at radius 2 is 2.05 bits per heavy atom. The molecule has 1 saturated heterocycles. The Balaban J connectivity index is 2.10. The predicted molar refractivity (Wildman–Crippen MR) is 81.3 cm³/mol. The summed E-state index contributed by atoms with van der Waals surface area (Å²) in [6, 6.07) is 6.71. The zero-order valence-corrected chi connectivity index (χ0v) is 13.2. The molecule has 1 unspecified atom stereocenters. The molecule has 0 radical (unpaired) electrons. The number of nitrogens with zero attached hydrogens (tertiary/aromatic N) is 1. The van der Waals surface area contributed by atoms with E-state index in [1.807, 2.05) is 0 Å². The Morgan fingerprint density at radius 1 is 1.29 bits per heavy atom. The molecule has 0 bridgehead atoms. The lowest BCUT2D eigenvalue weighted by molar-refractivity contribution is 0.192. The van der Waals surface area contributed by atoms with Gasteiger partial charge in [-0.15, -0.1) is 0 Å². The van der Waals surface area contributed by atoms with E-state index in [2.05, 4.69) is 9.71 Å². The fourth-order valence-electron chi connectivity index (χ4n) is 2.26. The van der Waals surface area contributed by atoms with E-state index in [0.29, 0.717) is 30.5 Å². The Hall–Kier alpha value is -0.920. The number of fused-ring (bicyclic) bond motifs is 1. The number of halogens is 2. The highest BCUT2D eigenvalue weighted by Gasteiger charge is 2.29. The quantitative estimate of drug-likeness (QED) is 0.867. The highest BCUT2D eigenvalue weighted by Crippen LogP contribution is 2.34. The Labute approximate surface area is 132 Å². The largest absolute Gasteiger partial charge is 0.380 e. The van der Waals surface area contributed by atoms with Crippen molar-refractivity contribution in [2.24, 2.45) is 0 Å². The number of hydrogen-bond acceptors (Lipinski definition) is 4. The highest BCUT2D eigenvalue weighted by molar-refractivity contribution is 7.89. The van der Waals surface area contributed by atoms with Gasteiger partial charge in [-0.2, -0.15) is 0 Å². The summed E-state index contributed by atoms with van der Waals surface area (Å²) in [5, 5.41) is 0.494. The van der Waals surface area contributed by atoms with Crippen LogP contribution < -0.4 is 4.72 Å². The number of pyridine rings is 1. The number of ether oxygens (including phenoxy) is 1. The van der Waals surface area contributed by atoms with Crippen molar-refractivity contribution in [3.05, 3.63) is 34.4 Å². The molecule has 21 heavy (non-hydrogen) atoms. The molecule has 0 saturated carbocycles. The summed E-state index contributed by atoms with van der Waals surface area (Å²) in [7, 11) is -3.85. The van der Waals surface area contributed by atoms with Gasteiger partial charge in [0.15, 0.2) is 5.15 Å². The van der Waals surface area contributed by atoms with Crippen LogP contribution in [0, 0.1) is 0 Å². The Morgan fingerprint density at radius 3 is 2.76 bits per heavy atom. The average Bonchev–Trinajstić information content (AvgIpc) is 2.90. The zero-order valence-electron chi connectivity index (χ0n) is 10.8. The van der Waals surface area contributed by atoms with Crippen molar-refractivity contribution in [2.45, 2.75) is 17.4 Å². The number of benzene rings is 1. The van der Waals surface area contributed by atoms with Crippen molar-refractivity contribution in [3.63, 3.8) is 0 Å². The first-order valence-electron chi connectivity index (χ1n) is 6.33. The van der Waals surface area contributed by atoms with Gasteiger partial charge in [-0.3, -0.25) is 0 Å². The summed E-state index contributed by atoms with van der Waals surface area (Å²) < 4.78 is 32.7. The van der Waals surface area contributed by atoms with E-state index < -0.39 is 10.0 Å². The van der Waals surface area contributed by atoms with Crippen LogP contribution >= 0.6 is 23.2 Å². The summed E-state index contributed by atoms with van der Waals surface area (Å²) in [5.74, 6) is 0. The van der Waals surface area contributed by atoms with Crippen molar-refractivity contribution in [2.75, 3.05) is 13.2 Å². The lowest BCUT2D eigenvalue weighted by Gasteiger charge is -2.14. The molecule has 1 aromatic heterocycles. The number of sulfonamides is 1. The molecule has 1 N–H and O–H groups in total. The van der Waals surface area contributed by atoms with Crippen molar-refractivity contribution in [1.29, 1.82) is 0 Å². The minimum Gasteiger partial charge on any atom is -0.380 e. The van der Waals surface area contributed by atoms with Crippen molar-refractivity contribution in [1.82, 2.24) is 9.71 Å². The van der Waals surface area contributed by atoms with Crippen LogP contribution in [0.4, 0.5) is 0 Å². The maximum atomic E-state index is 12.5. The lowest BCUT2D eigenvalue weighted by Crippen LogP contribution is -2.35. The van der Waals surface area contributed by atoms with Gasteiger partial charge in [0.1, 0.15) is 4.90 Å². The van der Waals surface area contributed by atoms with Crippen LogP contribution in [-0.2, 0) is 14.8 Å². The summed E-state index contributed by atoms with van der Waals surface area (Å²) in [4.78, 5) is 3.92. The number of nitrogens with one attached hydrogen (secondary N) is 1. The van der Waals surface area contributed by atoms with E-state index in [9.17, 15) is 8.42 Å². The smallest absolute Gasteiger partial charge is 0.245 e. The highest BCUT2D eigenvalue weighted by atomic mass is 35.5. The molecule has 3 rings (SSSR count). The van der Waals surface area contributed by atoms with Gasteiger partial charge in [0, 0.05) is 18.0 Å². The van der Waals surface area contributed by atoms with Crippen molar-refractivity contribution >= 4 is 44.1 Å². The van der Waals surface area contributed by atoms with Gasteiger partial charge in [-0.25, -0.2) is 18.1 Å². The number of hydrogen-bond donors (Lipinski definition) is 1. The zero-order chi connectivity index (χ0) is 15.0. The fraction of sp³-hybridized carbons (Fsp3) is 0.308. The Kier molecular flexibility index (Phi) is 4.07. The summed E-state index contributed by atoms with van der Waals surface area (Å²) in [6.45, 7) is 0.875. The van der Waals surface area contributed by atoms with E-state index >= 15 is 0 Å². The molecule has 5 nitrogen and oxygen atoms in total. The summed E-state index contributed by atoms with van der Waals surface area (Å²) in [5.41, 5.74) is 0.552. The Bertz CT molecular complexity index is 789. The van der Waals surface area contributed by atoms with E-state index in [1.165, 1.54) is 0 Å². The average molecular weight is 347 g/mol. The first-order chi connectivity index (χ1) is 9.99. The molecule has 0 spiro atoms. The van der Waals surface area contributed by atoms with Crippen molar-refractivity contribution in [3.8, 4) is 0 Å². The van der Waals surface area contributed by atoms with Gasteiger partial charge in [0.05, 0.1) is 17.1 Å². The lowest BCUT2D eigenvalue weighted by atomic mass is 10.2. The number of aromatic nitrogens is 1. The third kappa shape index (κ3) is 2.86. The second-order valence-corrected chi connectivity index (χ2v) is 7.13. The molecular formula is C13H12Cl2N2O3S. The second-order valence-electron chi connectivity index (χ2n) is 4.74. The number of rotatable bonds is 3. The van der Waals surface area contributed by atoms with Gasteiger partial charge < -0.3 is 4.74 Å². The molecule has 1 fully saturated rings. The molecule has 112 valence electrons. The molecule has 2 heterocycles. The minimum absolute atomic E-state index is 0.0806. The molecule has 1 aliphatic rings. The predicted octanol–water partition coefficient (Wildman–Crippen LogP) is 2.61. The van der Waals surface area contributed by atoms with Gasteiger partial charge in [-0.05, 0) is 12.5 Å². The summed E-state index contributed by atoms with van der Waals surface area (Å²) in [6.07, 6.45) is 0.621. The molecular weight excluding hydrogens is 335 g/mol. The molecule has 1 atom stereocenters. The molecule has 2 aromatic rings. The van der Waals surface area contributed by atoms with Crippen LogP contribution in [0.15, 0.2) is 29.2 Å².